The molecule has 3 heteroatoms. The largest absolute Gasteiger partial charge is 0.398 e. The highest BCUT2D eigenvalue weighted by Crippen LogP contribution is 2.20. The maximum Gasteiger partial charge on any atom is 0.131 e. The summed E-state index contributed by atoms with van der Waals surface area (Å²) in [5.41, 5.74) is 8.88. The average Bonchev–Trinajstić information content (AvgIpc) is 2.35. The zero-order valence-electron chi connectivity index (χ0n) is 10.2. The number of rotatable bonds is 2. The van der Waals surface area contributed by atoms with Crippen LogP contribution >= 0.6 is 9.24 Å². The Morgan fingerprint density at radius 1 is 1.17 bits per heavy atom. The molecular weight excluding hydrogens is 244 g/mol. The van der Waals surface area contributed by atoms with E-state index in [4.69, 9.17) is 5.73 Å². The molecule has 2 aromatic carbocycles. The Bertz CT molecular complexity index is 588. The molecule has 2 rings (SSSR count). The first-order valence-corrected chi connectivity index (χ1v) is 6.23. The molecule has 2 aromatic rings. The van der Waals surface area contributed by atoms with Crippen LogP contribution in [0, 0.1) is 6.92 Å². The molecule has 0 spiro atoms. The van der Waals surface area contributed by atoms with Crippen molar-refractivity contribution >= 4 is 32.1 Å². The molecule has 1 atom stereocenters. The van der Waals surface area contributed by atoms with E-state index in [9.17, 15) is 4.39 Å². The lowest BCUT2D eigenvalue weighted by atomic mass is 10.1. The number of hydrogen-bond donors (Lipinski definition) is 1. The molecule has 0 bridgehead atoms. The number of halogens is 1. The van der Waals surface area contributed by atoms with Crippen molar-refractivity contribution in [2.45, 2.75) is 6.92 Å². The van der Waals surface area contributed by atoms with Gasteiger partial charge in [-0.1, -0.05) is 29.8 Å². The second kappa shape index (κ2) is 5.32. The number of hydrogen-bond acceptors (Lipinski definition) is 1. The molecular formula is C15H15FNP. The summed E-state index contributed by atoms with van der Waals surface area (Å²) < 4.78 is 14.0. The Morgan fingerprint density at radius 2 is 1.83 bits per heavy atom. The number of aryl methyl sites for hydroxylation is 1. The minimum Gasteiger partial charge on any atom is -0.398 e. The molecule has 0 aromatic heterocycles. The predicted octanol–water partition coefficient (Wildman–Crippen LogP) is 3.55. The van der Waals surface area contributed by atoms with Crippen molar-refractivity contribution in [2.24, 2.45) is 0 Å². The normalized spacial score (nSPS) is 11.6. The number of anilines is 1. The van der Waals surface area contributed by atoms with E-state index in [1.54, 1.807) is 18.2 Å². The van der Waals surface area contributed by atoms with Gasteiger partial charge in [0.2, 0.25) is 0 Å². The van der Waals surface area contributed by atoms with Gasteiger partial charge in [0.1, 0.15) is 5.83 Å². The molecule has 0 aliphatic rings. The Kier molecular flexibility index (Phi) is 3.78. The molecule has 0 amide bonds. The Hall–Kier alpha value is -1.66. The van der Waals surface area contributed by atoms with Crippen LogP contribution in [0.2, 0.25) is 0 Å². The molecule has 92 valence electrons. The summed E-state index contributed by atoms with van der Waals surface area (Å²) in [6.45, 7) is 2.00. The fourth-order valence-corrected chi connectivity index (χ4v) is 1.89. The second-order valence-electron chi connectivity index (χ2n) is 4.25. The van der Waals surface area contributed by atoms with Crippen LogP contribution in [0.25, 0.3) is 11.9 Å². The molecule has 0 heterocycles. The van der Waals surface area contributed by atoms with Gasteiger partial charge in [-0.05, 0) is 42.1 Å². The van der Waals surface area contributed by atoms with Gasteiger partial charge in [-0.15, -0.1) is 9.24 Å². The third-order valence-electron chi connectivity index (χ3n) is 2.73. The van der Waals surface area contributed by atoms with E-state index >= 15 is 0 Å². The monoisotopic (exact) mass is 259 g/mol. The summed E-state index contributed by atoms with van der Waals surface area (Å²) in [4.78, 5) is 0. The van der Waals surface area contributed by atoms with E-state index in [-0.39, 0.29) is 5.83 Å². The summed E-state index contributed by atoms with van der Waals surface area (Å²) in [6.07, 6.45) is 1.52. The van der Waals surface area contributed by atoms with E-state index in [2.05, 4.69) is 9.24 Å². The highest BCUT2D eigenvalue weighted by molar-refractivity contribution is 7.28. The van der Waals surface area contributed by atoms with Gasteiger partial charge in [0.15, 0.2) is 0 Å². The molecule has 18 heavy (non-hydrogen) atoms. The van der Waals surface area contributed by atoms with Crippen molar-refractivity contribution in [1.82, 2.24) is 0 Å². The standard InChI is InChI=1S/C15H15FNP/c1-10-2-4-11(5-3-10)8-13(16)12-6-7-14(17)15(18)9-12/h2-9H,17-18H2,1H3/b13-8-. The Morgan fingerprint density at radius 3 is 2.44 bits per heavy atom. The van der Waals surface area contributed by atoms with Gasteiger partial charge in [-0.3, -0.25) is 0 Å². The molecule has 0 aliphatic heterocycles. The third kappa shape index (κ3) is 2.96. The molecule has 1 unspecified atom stereocenters. The first kappa shape index (κ1) is 12.8. The van der Waals surface area contributed by atoms with Crippen molar-refractivity contribution in [3.05, 3.63) is 59.2 Å². The van der Waals surface area contributed by atoms with E-state index in [0.29, 0.717) is 11.3 Å². The molecule has 1 nitrogen and oxygen atoms in total. The first-order chi connectivity index (χ1) is 8.56. The lowest BCUT2D eigenvalue weighted by molar-refractivity contribution is 0.765. The Labute approximate surface area is 109 Å². The fraction of sp³-hybridized carbons (Fsp3) is 0.0667. The van der Waals surface area contributed by atoms with Crippen LogP contribution in [-0.4, -0.2) is 0 Å². The van der Waals surface area contributed by atoms with E-state index in [1.165, 1.54) is 6.08 Å². The first-order valence-electron chi connectivity index (χ1n) is 5.65. The maximum absolute atomic E-state index is 14.0. The zero-order valence-corrected chi connectivity index (χ0v) is 11.3. The number of nitrogen functional groups attached to an aromatic ring is 1. The summed E-state index contributed by atoms with van der Waals surface area (Å²) in [7, 11) is 2.50. The average molecular weight is 259 g/mol. The molecule has 0 aliphatic carbocycles. The summed E-state index contributed by atoms with van der Waals surface area (Å²) in [6, 6.07) is 12.8. The van der Waals surface area contributed by atoms with Crippen LogP contribution in [-0.2, 0) is 0 Å². The van der Waals surface area contributed by atoms with E-state index in [1.807, 2.05) is 31.2 Å². The van der Waals surface area contributed by atoms with Crippen LogP contribution in [0.1, 0.15) is 16.7 Å². The minimum absolute atomic E-state index is 0.262. The molecule has 0 saturated heterocycles. The molecule has 0 fully saturated rings. The van der Waals surface area contributed by atoms with Gasteiger partial charge >= 0.3 is 0 Å². The lowest BCUT2D eigenvalue weighted by Crippen LogP contribution is -2.01. The minimum atomic E-state index is -0.262. The van der Waals surface area contributed by atoms with Gasteiger partial charge in [-0.25, -0.2) is 4.39 Å². The van der Waals surface area contributed by atoms with Gasteiger partial charge in [0.25, 0.3) is 0 Å². The van der Waals surface area contributed by atoms with Crippen molar-refractivity contribution in [1.29, 1.82) is 0 Å². The van der Waals surface area contributed by atoms with Crippen molar-refractivity contribution < 1.29 is 4.39 Å². The van der Waals surface area contributed by atoms with Gasteiger partial charge in [0.05, 0.1) is 0 Å². The topological polar surface area (TPSA) is 26.0 Å². The maximum atomic E-state index is 14.0. The zero-order chi connectivity index (χ0) is 13.1. The van der Waals surface area contributed by atoms with Gasteiger partial charge < -0.3 is 5.73 Å². The van der Waals surface area contributed by atoms with Crippen LogP contribution in [0.3, 0.4) is 0 Å². The van der Waals surface area contributed by atoms with Gasteiger partial charge in [-0.2, -0.15) is 0 Å². The van der Waals surface area contributed by atoms with Crippen LogP contribution in [0.4, 0.5) is 10.1 Å². The molecule has 2 N–H and O–H groups in total. The Balaban J connectivity index is 2.32. The van der Waals surface area contributed by atoms with E-state index in [0.717, 1.165) is 16.4 Å². The van der Waals surface area contributed by atoms with Crippen LogP contribution in [0.5, 0.6) is 0 Å². The highest BCUT2D eigenvalue weighted by Gasteiger charge is 2.02. The quantitative estimate of drug-likeness (QED) is 0.498. The van der Waals surface area contributed by atoms with Crippen LogP contribution < -0.4 is 11.0 Å². The van der Waals surface area contributed by atoms with Crippen molar-refractivity contribution in [3.8, 4) is 0 Å². The molecule has 0 saturated carbocycles. The van der Waals surface area contributed by atoms with Crippen molar-refractivity contribution in [2.75, 3.05) is 5.73 Å². The predicted molar refractivity (Wildman–Crippen MR) is 80.4 cm³/mol. The summed E-state index contributed by atoms with van der Waals surface area (Å²) in [5, 5.41) is 0.806. The fourth-order valence-electron chi connectivity index (χ4n) is 1.62. The second-order valence-corrected chi connectivity index (χ2v) is 4.87. The highest BCUT2D eigenvalue weighted by atomic mass is 31.0. The summed E-state index contributed by atoms with van der Waals surface area (Å²) in [5.74, 6) is -0.262. The third-order valence-corrected chi connectivity index (χ3v) is 3.23. The SMILES string of the molecule is Cc1ccc(/C=C(\F)c2ccc(N)c(P)c2)cc1. The summed E-state index contributed by atoms with van der Waals surface area (Å²) >= 11 is 0. The smallest absolute Gasteiger partial charge is 0.131 e. The van der Waals surface area contributed by atoms with Crippen molar-refractivity contribution in [3.63, 3.8) is 0 Å². The molecule has 0 radical (unpaired) electrons. The number of benzene rings is 2. The van der Waals surface area contributed by atoms with Gasteiger partial charge in [0, 0.05) is 11.3 Å². The lowest BCUT2D eigenvalue weighted by Gasteiger charge is -2.03. The van der Waals surface area contributed by atoms with E-state index < -0.39 is 0 Å². The number of nitrogens with two attached hydrogens (primary N) is 1. The van der Waals surface area contributed by atoms with Crippen LogP contribution in [0.15, 0.2) is 42.5 Å².